The predicted molar refractivity (Wildman–Crippen MR) is 180 cm³/mol. The van der Waals surface area contributed by atoms with Crippen molar-refractivity contribution >= 4 is 7.72 Å². The summed E-state index contributed by atoms with van der Waals surface area (Å²) in [5, 5.41) is 0. The van der Waals surface area contributed by atoms with E-state index in [9.17, 15) is 9.79 Å². The van der Waals surface area contributed by atoms with E-state index in [2.05, 4.69) is 38.2 Å². The summed E-state index contributed by atoms with van der Waals surface area (Å²) in [6.45, 7) is 4.56. The Morgan fingerprint density at radius 1 is 0.333 bits per heavy atom. The van der Waals surface area contributed by atoms with Gasteiger partial charge in [-0.15, -0.1) is 0 Å². The molecule has 0 aromatic carbocycles. The second-order valence-corrected chi connectivity index (χ2v) is 14.9. The van der Waals surface area contributed by atoms with E-state index in [0.29, 0.717) is 12.3 Å². The van der Waals surface area contributed by atoms with Crippen molar-refractivity contribution < 1.29 is 9.79 Å². The zero-order chi connectivity index (χ0) is 28.5. The van der Waals surface area contributed by atoms with Crippen LogP contribution in [0.3, 0.4) is 0 Å². The molecule has 0 saturated carbocycles. The summed E-state index contributed by atoms with van der Waals surface area (Å²) in [4.78, 5) is 20.8. The zero-order valence-corrected chi connectivity index (χ0v) is 27.8. The van der Waals surface area contributed by atoms with Gasteiger partial charge in [0.15, 0.2) is 0 Å². The Bertz CT molecular complexity index is 470. The SMILES string of the molecule is CCCCCCCC/C=C\CCCCCCCC[P+](O)(O)CCCCCCCC/C=C\CCCCCCCC. The minimum Gasteiger partial charge on any atom is -0.220 e. The fourth-order valence-electron chi connectivity index (χ4n) is 5.34. The molecule has 0 aliphatic carbocycles. The van der Waals surface area contributed by atoms with Gasteiger partial charge in [-0.05, 0) is 77.0 Å². The van der Waals surface area contributed by atoms with Crippen molar-refractivity contribution in [3.63, 3.8) is 0 Å². The molecule has 0 amide bonds. The Kier molecular flexibility index (Phi) is 32.2. The lowest BCUT2D eigenvalue weighted by molar-refractivity contribution is 0.440. The Morgan fingerprint density at radius 2 is 0.564 bits per heavy atom. The Hall–Kier alpha value is -0.170. The van der Waals surface area contributed by atoms with Crippen molar-refractivity contribution in [1.82, 2.24) is 0 Å². The Morgan fingerprint density at radius 3 is 0.846 bits per heavy atom. The van der Waals surface area contributed by atoms with Gasteiger partial charge in [0.2, 0.25) is 0 Å². The van der Waals surface area contributed by atoms with Crippen LogP contribution < -0.4 is 0 Å². The van der Waals surface area contributed by atoms with Crippen molar-refractivity contribution in [3.8, 4) is 0 Å². The van der Waals surface area contributed by atoms with Gasteiger partial charge in [0.25, 0.3) is 7.72 Å². The molecule has 0 aliphatic rings. The van der Waals surface area contributed by atoms with Gasteiger partial charge in [0.1, 0.15) is 12.3 Å². The van der Waals surface area contributed by atoms with Gasteiger partial charge in [0.05, 0.1) is 0 Å². The minimum atomic E-state index is -2.64. The summed E-state index contributed by atoms with van der Waals surface area (Å²) >= 11 is 0. The highest BCUT2D eigenvalue weighted by molar-refractivity contribution is 7.64. The topological polar surface area (TPSA) is 40.5 Å². The second kappa shape index (κ2) is 32.3. The third-order valence-electron chi connectivity index (χ3n) is 8.06. The molecule has 0 rings (SSSR count). The molecule has 0 aliphatic heterocycles. The molecule has 0 fully saturated rings. The fourth-order valence-corrected chi connectivity index (χ4v) is 7.02. The normalized spacial score (nSPS) is 12.4. The second-order valence-electron chi connectivity index (χ2n) is 12.2. The van der Waals surface area contributed by atoms with Crippen molar-refractivity contribution in [2.24, 2.45) is 0 Å². The van der Waals surface area contributed by atoms with Gasteiger partial charge < -0.3 is 0 Å². The number of allylic oxidation sites excluding steroid dienone is 4. The summed E-state index contributed by atoms with van der Waals surface area (Å²) in [7, 11) is -2.64. The summed E-state index contributed by atoms with van der Waals surface area (Å²) in [5.74, 6) is 0. The first kappa shape index (κ1) is 38.8. The first-order valence-electron chi connectivity index (χ1n) is 17.7. The molecule has 0 unspecified atom stereocenters. The third-order valence-corrected chi connectivity index (χ3v) is 10.1. The molecule has 39 heavy (non-hydrogen) atoms. The molecule has 0 aromatic heterocycles. The van der Waals surface area contributed by atoms with Gasteiger partial charge >= 0.3 is 0 Å². The van der Waals surface area contributed by atoms with E-state index in [1.54, 1.807) is 0 Å². The summed E-state index contributed by atoms with van der Waals surface area (Å²) < 4.78 is 0. The molecular weight excluding hydrogens is 495 g/mol. The average molecular weight is 568 g/mol. The van der Waals surface area contributed by atoms with E-state index >= 15 is 0 Å². The smallest absolute Gasteiger partial charge is 0.220 e. The maximum Gasteiger partial charge on any atom is 0.267 e. The number of hydrogen-bond acceptors (Lipinski definition) is 2. The van der Waals surface area contributed by atoms with E-state index in [4.69, 9.17) is 0 Å². The van der Waals surface area contributed by atoms with Gasteiger partial charge in [-0.3, -0.25) is 0 Å². The molecule has 232 valence electrons. The molecular formula is C36H72O2P+. The van der Waals surface area contributed by atoms with Crippen LogP contribution in [-0.4, -0.2) is 22.1 Å². The predicted octanol–water partition coefficient (Wildman–Crippen LogP) is 12.9. The van der Waals surface area contributed by atoms with E-state index in [0.717, 1.165) is 25.7 Å². The van der Waals surface area contributed by atoms with Crippen molar-refractivity contribution in [1.29, 1.82) is 0 Å². The molecule has 0 spiro atoms. The number of unbranched alkanes of at least 4 members (excludes halogenated alkanes) is 24. The zero-order valence-electron chi connectivity index (χ0n) is 26.9. The van der Waals surface area contributed by atoms with Crippen LogP contribution >= 0.6 is 7.72 Å². The summed E-state index contributed by atoms with van der Waals surface area (Å²) in [5.41, 5.74) is 0. The molecule has 0 aromatic rings. The van der Waals surface area contributed by atoms with Crippen LogP contribution in [0.2, 0.25) is 0 Å². The van der Waals surface area contributed by atoms with E-state index in [1.165, 1.54) is 154 Å². The fraction of sp³-hybridized carbons (Fsp3) is 0.889. The standard InChI is InChI=1S/C36H72O2P/c1-3-5-7-9-11-13-15-17-19-21-23-25-27-29-31-33-35-39(37,38)36-34-32-30-28-26-24-22-20-18-16-14-12-10-8-6-4-2/h17-20,37-38H,3-16,21-36H2,1-2H3/q+1/b19-17-,20-18-. The monoisotopic (exact) mass is 568 g/mol. The summed E-state index contributed by atoms with van der Waals surface area (Å²) in [6, 6.07) is 0. The maximum atomic E-state index is 10.4. The quantitative estimate of drug-likeness (QED) is 0.0482. The van der Waals surface area contributed by atoms with Crippen LogP contribution in [0.15, 0.2) is 24.3 Å². The molecule has 0 saturated heterocycles. The molecule has 0 bridgehead atoms. The highest BCUT2D eigenvalue weighted by atomic mass is 31.2. The molecule has 0 atom stereocenters. The van der Waals surface area contributed by atoms with E-state index in [-0.39, 0.29) is 0 Å². The van der Waals surface area contributed by atoms with Crippen molar-refractivity contribution in [2.45, 2.75) is 194 Å². The minimum absolute atomic E-state index is 0.652. The van der Waals surface area contributed by atoms with Crippen LogP contribution in [-0.2, 0) is 0 Å². The largest absolute Gasteiger partial charge is 0.267 e. The van der Waals surface area contributed by atoms with Crippen molar-refractivity contribution in [3.05, 3.63) is 24.3 Å². The van der Waals surface area contributed by atoms with E-state index < -0.39 is 7.72 Å². The molecule has 0 heterocycles. The molecule has 2 nitrogen and oxygen atoms in total. The van der Waals surface area contributed by atoms with E-state index in [1.807, 2.05) is 0 Å². The number of hydrogen-bond donors (Lipinski definition) is 2. The first-order chi connectivity index (χ1) is 19.1. The van der Waals surface area contributed by atoms with Crippen LogP contribution in [0.1, 0.15) is 194 Å². The van der Waals surface area contributed by atoms with Gasteiger partial charge in [-0.25, -0.2) is 9.79 Å². The van der Waals surface area contributed by atoms with Gasteiger partial charge in [-0.1, -0.05) is 141 Å². The first-order valence-corrected chi connectivity index (χ1v) is 19.8. The summed E-state index contributed by atoms with van der Waals surface area (Å²) in [6.07, 6.45) is 47.1. The van der Waals surface area contributed by atoms with Gasteiger partial charge in [-0.2, -0.15) is 0 Å². The highest BCUT2D eigenvalue weighted by Crippen LogP contribution is 2.51. The Labute approximate surface area is 247 Å². The lowest BCUT2D eigenvalue weighted by Crippen LogP contribution is -2.02. The third kappa shape index (κ3) is 33.9. The molecule has 0 radical (unpaired) electrons. The van der Waals surface area contributed by atoms with Crippen LogP contribution in [0.4, 0.5) is 0 Å². The molecule has 3 heteroatoms. The Balaban J connectivity index is 3.36. The van der Waals surface area contributed by atoms with Gasteiger partial charge in [0, 0.05) is 0 Å². The molecule has 2 N–H and O–H groups in total. The lowest BCUT2D eigenvalue weighted by atomic mass is 10.1. The number of rotatable bonds is 32. The lowest BCUT2D eigenvalue weighted by Gasteiger charge is -2.12. The highest BCUT2D eigenvalue weighted by Gasteiger charge is 2.30. The van der Waals surface area contributed by atoms with Crippen LogP contribution in [0.25, 0.3) is 0 Å². The van der Waals surface area contributed by atoms with Crippen LogP contribution in [0.5, 0.6) is 0 Å². The van der Waals surface area contributed by atoms with Crippen LogP contribution in [0, 0.1) is 0 Å². The average Bonchev–Trinajstić information content (AvgIpc) is 2.92. The maximum absolute atomic E-state index is 10.4. The van der Waals surface area contributed by atoms with Crippen molar-refractivity contribution in [2.75, 3.05) is 12.3 Å².